The number of ether oxygens (including phenoxy) is 3. The van der Waals surface area contributed by atoms with Gasteiger partial charge in [0.15, 0.2) is 5.90 Å². The number of halogens is 3. The molecule has 1 aromatic carbocycles. The van der Waals surface area contributed by atoms with E-state index in [1.807, 2.05) is 20.8 Å². The van der Waals surface area contributed by atoms with Gasteiger partial charge in [-0.1, -0.05) is 11.3 Å². The predicted octanol–water partition coefficient (Wildman–Crippen LogP) is 6.16. The molecule has 0 fully saturated rings. The quantitative estimate of drug-likeness (QED) is 0.312. The Kier molecular flexibility index (Phi) is 7.01. The number of thiazole rings is 1. The van der Waals surface area contributed by atoms with Crippen LogP contribution in [0.25, 0.3) is 10.2 Å². The molecule has 6 nitrogen and oxygen atoms in total. The van der Waals surface area contributed by atoms with Gasteiger partial charge in [-0.05, 0) is 53.7 Å². The summed E-state index contributed by atoms with van der Waals surface area (Å²) < 4.78 is 52.8. The summed E-state index contributed by atoms with van der Waals surface area (Å²) in [5.74, 6) is -0.421. The van der Waals surface area contributed by atoms with Crippen molar-refractivity contribution in [3.05, 3.63) is 18.2 Å². The zero-order valence-electron chi connectivity index (χ0n) is 17.7. The van der Waals surface area contributed by atoms with E-state index >= 15 is 0 Å². The molecule has 0 radical (unpaired) electrons. The SMILES string of the molecule is CC(C)(C)OC(=O)CCC(=Nc1nc2ccc(OC(F)(F)F)cc2s1)OC(C)(C)C. The average Bonchev–Trinajstić information content (AvgIpc) is 2.89. The molecule has 1 aromatic heterocycles. The third-order valence-corrected chi connectivity index (χ3v) is 4.10. The summed E-state index contributed by atoms with van der Waals surface area (Å²) in [5, 5.41) is 0.303. The van der Waals surface area contributed by atoms with E-state index in [0.29, 0.717) is 21.2 Å². The first-order chi connectivity index (χ1) is 13.6. The molecule has 0 bridgehead atoms. The first-order valence-corrected chi connectivity index (χ1v) is 10.1. The number of benzene rings is 1. The van der Waals surface area contributed by atoms with Crippen LogP contribution >= 0.6 is 11.3 Å². The summed E-state index contributed by atoms with van der Waals surface area (Å²) >= 11 is 1.09. The van der Waals surface area contributed by atoms with Crippen molar-refractivity contribution in [3.63, 3.8) is 0 Å². The van der Waals surface area contributed by atoms with Crippen LogP contribution in [-0.2, 0) is 14.3 Å². The predicted molar refractivity (Wildman–Crippen MR) is 109 cm³/mol. The molecule has 0 spiro atoms. The molecule has 0 aliphatic heterocycles. The van der Waals surface area contributed by atoms with Gasteiger partial charge in [0.2, 0.25) is 5.13 Å². The maximum atomic E-state index is 12.4. The van der Waals surface area contributed by atoms with Gasteiger partial charge in [-0.25, -0.2) is 4.98 Å². The number of hydrogen-bond acceptors (Lipinski definition) is 7. The van der Waals surface area contributed by atoms with Gasteiger partial charge in [-0.15, -0.1) is 13.2 Å². The highest BCUT2D eigenvalue weighted by atomic mass is 32.1. The average molecular weight is 446 g/mol. The summed E-state index contributed by atoms with van der Waals surface area (Å²) in [6, 6.07) is 3.87. The number of carbonyl (C=O) groups excluding carboxylic acids is 1. The van der Waals surface area contributed by atoms with Crippen LogP contribution in [0.4, 0.5) is 18.3 Å². The fourth-order valence-corrected chi connectivity index (χ4v) is 3.21. The smallest absolute Gasteiger partial charge is 0.475 e. The molecule has 1 heterocycles. The van der Waals surface area contributed by atoms with Crippen LogP contribution in [0.2, 0.25) is 0 Å². The molecular weight excluding hydrogens is 421 g/mol. The molecule has 0 saturated heterocycles. The van der Waals surface area contributed by atoms with Crippen molar-refractivity contribution in [2.45, 2.75) is 71.9 Å². The molecule has 0 saturated carbocycles. The van der Waals surface area contributed by atoms with Crippen molar-refractivity contribution >= 4 is 38.6 Å². The number of carbonyl (C=O) groups is 1. The van der Waals surface area contributed by atoms with Crippen molar-refractivity contribution in [3.8, 4) is 5.75 Å². The molecule has 0 aliphatic rings. The summed E-state index contributed by atoms with van der Waals surface area (Å²) in [7, 11) is 0. The molecule has 0 atom stereocenters. The zero-order chi connectivity index (χ0) is 22.7. The molecule has 2 aromatic rings. The maximum Gasteiger partial charge on any atom is 0.573 e. The van der Waals surface area contributed by atoms with Crippen LogP contribution in [0.15, 0.2) is 23.2 Å². The van der Waals surface area contributed by atoms with Gasteiger partial charge in [0, 0.05) is 12.5 Å². The number of rotatable bonds is 5. The van der Waals surface area contributed by atoms with Gasteiger partial charge >= 0.3 is 12.3 Å². The van der Waals surface area contributed by atoms with E-state index in [1.54, 1.807) is 20.8 Å². The molecule has 0 aliphatic carbocycles. The van der Waals surface area contributed by atoms with Gasteiger partial charge in [0.25, 0.3) is 0 Å². The Bertz CT molecular complexity index is 925. The molecule has 166 valence electrons. The molecule has 0 unspecified atom stereocenters. The molecule has 10 heteroatoms. The second-order valence-electron chi connectivity index (χ2n) is 8.48. The van der Waals surface area contributed by atoms with Crippen molar-refractivity contribution in [2.24, 2.45) is 4.99 Å². The molecule has 30 heavy (non-hydrogen) atoms. The lowest BCUT2D eigenvalue weighted by Crippen LogP contribution is -2.26. The largest absolute Gasteiger partial charge is 0.573 e. The summed E-state index contributed by atoms with van der Waals surface area (Å²) in [5.41, 5.74) is -0.671. The third kappa shape index (κ3) is 8.56. The van der Waals surface area contributed by atoms with E-state index in [4.69, 9.17) is 9.47 Å². The van der Waals surface area contributed by atoms with E-state index in [1.165, 1.54) is 18.2 Å². The minimum atomic E-state index is -4.77. The fraction of sp³-hybridized carbons (Fsp3) is 0.550. The minimum absolute atomic E-state index is 0.0701. The van der Waals surface area contributed by atoms with Crippen molar-refractivity contribution in [1.82, 2.24) is 4.98 Å². The second-order valence-corrected chi connectivity index (χ2v) is 9.49. The Morgan fingerprint density at radius 1 is 1.03 bits per heavy atom. The lowest BCUT2D eigenvalue weighted by Gasteiger charge is -2.23. The Balaban J connectivity index is 2.23. The van der Waals surface area contributed by atoms with Crippen molar-refractivity contribution in [2.75, 3.05) is 0 Å². The molecule has 2 rings (SSSR count). The highest BCUT2D eigenvalue weighted by molar-refractivity contribution is 7.22. The van der Waals surface area contributed by atoms with E-state index in [-0.39, 0.29) is 24.6 Å². The fourth-order valence-electron chi connectivity index (χ4n) is 2.33. The van der Waals surface area contributed by atoms with Crippen LogP contribution in [0.3, 0.4) is 0 Å². The van der Waals surface area contributed by atoms with E-state index < -0.39 is 17.6 Å². The topological polar surface area (TPSA) is 70.0 Å². The first kappa shape index (κ1) is 23.9. The van der Waals surface area contributed by atoms with Crippen molar-refractivity contribution in [1.29, 1.82) is 0 Å². The van der Waals surface area contributed by atoms with Crippen LogP contribution in [0, 0.1) is 0 Å². The monoisotopic (exact) mass is 446 g/mol. The Hall–Kier alpha value is -2.36. The van der Waals surface area contributed by atoms with Gasteiger partial charge in [0.05, 0.1) is 16.6 Å². The third-order valence-electron chi connectivity index (χ3n) is 3.19. The standard InChI is InChI=1S/C20H25F3N2O4S/c1-18(2,3)28-15(9-10-16(26)29-19(4,5)6)25-17-24-13-8-7-12(11-14(13)30-17)27-20(21,22)23/h7-8,11H,9-10H2,1-6H3. The van der Waals surface area contributed by atoms with E-state index in [0.717, 1.165) is 11.3 Å². The number of esters is 1. The number of aromatic nitrogens is 1. The van der Waals surface area contributed by atoms with Gasteiger partial charge in [-0.2, -0.15) is 4.99 Å². The number of hydrogen-bond donors (Lipinski definition) is 0. The van der Waals surface area contributed by atoms with Crippen LogP contribution in [0.1, 0.15) is 54.4 Å². The van der Waals surface area contributed by atoms with E-state index in [2.05, 4.69) is 14.7 Å². The van der Waals surface area contributed by atoms with E-state index in [9.17, 15) is 18.0 Å². The Labute approximate surface area is 177 Å². The van der Waals surface area contributed by atoms with Gasteiger partial charge in [-0.3, -0.25) is 4.79 Å². The lowest BCUT2D eigenvalue weighted by atomic mass is 10.2. The number of nitrogens with zero attached hydrogens (tertiary/aromatic N) is 2. The highest BCUT2D eigenvalue weighted by Crippen LogP contribution is 2.33. The Morgan fingerprint density at radius 3 is 2.23 bits per heavy atom. The normalized spacial score (nSPS) is 13.4. The maximum absolute atomic E-state index is 12.4. The zero-order valence-corrected chi connectivity index (χ0v) is 18.5. The summed E-state index contributed by atoms with van der Waals surface area (Å²) in [4.78, 5) is 20.7. The summed E-state index contributed by atoms with van der Waals surface area (Å²) in [6.45, 7) is 10.9. The van der Waals surface area contributed by atoms with Crippen molar-refractivity contribution < 1.29 is 32.2 Å². The number of alkyl halides is 3. The van der Waals surface area contributed by atoms with Gasteiger partial charge in [0.1, 0.15) is 17.0 Å². The molecule has 0 amide bonds. The van der Waals surface area contributed by atoms with Gasteiger partial charge < -0.3 is 14.2 Å². The number of aliphatic imine (C=N–C) groups is 1. The van der Waals surface area contributed by atoms with Crippen LogP contribution in [-0.4, -0.2) is 34.4 Å². The van der Waals surface area contributed by atoms with Crippen LogP contribution in [0.5, 0.6) is 5.75 Å². The first-order valence-electron chi connectivity index (χ1n) is 9.24. The molecule has 0 N–H and O–H groups in total. The number of fused-ring (bicyclic) bond motifs is 1. The lowest BCUT2D eigenvalue weighted by molar-refractivity contribution is -0.274. The Morgan fingerprint density at radius 2 is 1.67 bits per heavy atom. The van der Waals surface area contributed by atoms with Crippen LogP contribution < -0.4 is 4.74 Å². The minimum Gasteiger partial charge on any atom is -0.475 e. The highest BCUT2D eigenvalue weighted by Gasteiger charge is 2.31. The molecular formula is C20H25F3N2O4S. The summed E-state index contributed by atoms with van der Waals surface area (Å²) in [6.07, 6.45) is -4.50. The second kappa shape index (κ2) is 8.79.